The molecule has 2 heterocycles. The van der Waals surface area contributed by atoms with E-state index in [1.54, 1.807) is 35.2 Å². The summed E-state index contributed by atoms with van der Waals surface area (Å²) in [6, 6.07) is 13.0. The van der Waals surface area contributed by atoms with Gasteiger partial charge in [0.15, 0.2) is 0 Å². The highest BCUT2D eigenvalue weighted by molar-refractivity contribution is 6.31. The zero-order valence-electron chi connectivity index (χ0n) is 14.6. The van der Waals surface area contributed by atoms with E-state index < -0.39 is 11.5 Å². The number of nitrogens with one attached hydrogen (secondary N) is 1. The van der Waals surface area contributed by atoms with Crippen LogP contribution < -0.4 is 15.8 Å². The molecule has 1 aromatic heterocycles. The number of aromatic nitrogens is 3. The summed E-state index contributed by atoms with van der Waals surface area (Å²) in [5.74, 6) is -0.649. The van der Waals surface area contributed by atoms with Gasteiger partial charge < -0.3 is 10.2 Å². The summed E-state index contributed by atoms with van der Waals surface area (Å²) in [5.41, 5.74) is 0.620. The molecule has 28 heavy (non-hydrogen) atoms. The number of anilines is 2. The number of amides is 1. The van der Waals surface area contributed by atoms with E-state index in [1.165, 1.54) is 16.7 Å². The lowest BCUT2D eigenvalue weighted by Crippen LogP contribution is -2.34. The van der Waals surface area contributed by atoms with Crippen LogP contribution in [-0.2, 0) is 13.1 Å². The summed E-state index contributed by atoms with van der Waals surface area (Å²) in [4.78, 5) is 26.9. The standard InChI is InChI=1S/C19H15ClFN5O2/c20-15-4-2-1-3-12(15)11-22-17(27)16-18(28)26-10-9-25(19(26)24-23-16)14-7-5-13(21)6-8-14/h1-8H,9-11H2,(H,22,27). The van der Waals surface area contributed by atoms with Crippen LogP contribution in [0.2, 0.25) is 5.02 Å². The maximum absolute atomic E-state index is 13.1. The van der Waals surface area contributed by atoms with E-state index in [0.29, 0.717) is 29.7 Å². The van der Waals surface area contributed by atoms with Gasteiger partial charge in [-0.3, -0.25) is 14.2 Å². The van der Waals surface area contributed by atoms with E-state index in [-0.39, 0.29) is 18.1 Å². The predicted octanol–water partition coefficient (Wildman–Crippen LogP) is 2.51. The SMILES string of the molecule is O=C(NCc1ccccc1Cl)c1nnc2n(c1=O)CCN2c1ccc(F)cc1. The van der Waals surface area contributed by atoms with Gasteiger partial charge in [0.2, 0.25) is 11.6 Å². The van der Waals surface area contributed by atoms with Gasteiger partial charge in [-0.1, -0.05) is 29.8 Å². The van der Waals surface area contributed by atoms with Crippen molar-refractivity contribution in [2.24, 2.45) is 0 Å². The normalized spacial score (nSPS) is 12.7. The molecule has 0 spiro atoms. The summed E-state index contributed by atoms with van der Waals surface area (Å²) in [6.07, 6.45) is 0. The van der Waals surface area contributed by atoms with Crippen LogP contribution in [0.3, 0.4) is 0 Å². The molecule has 0 saturated carbocycles. The number of carbonyl (C=O) groups is 1. The third-order valence-electron chi connectivity index (χ3n) is 4.47. The molecule has 0 radical (unpaired) electrons. The Morgan fingerprint density at radius 1 is 1.11 bits per heavy atom. The number of hydrogen-bond acceptors (Lipinski definition) is 5. The molecule has 7 nitrogen and oxygen atoms in total. The second-order valence-corrected chi connectivity index (χ2v) is 6.61. The number of fused-ring (bicyclic) bond motifs is 1. The highest BCUT2D eigenvalue weighted by atomic mass is 35.5. The van der Waals surface area contributed by atoms with E-state index in [4.69, 9.17) is 11.6 Å². The van der Waals surface area contributed by atoms with Crippen molar-refractivity contribution in [3.05, 3.63) is 81.0 Å². The van der Waals surface area contributed by atoms with E-state index >= 15 is 0 Å². The first-order valence-electron chi connectivity index (χ1n) is 8.57. The largest absolute Gasteiger partial charge is 0.346 e. The van der Waals surface area contributed by atoms with Gasteiger partial charge in [-0.05, 0) is 35.9 Å². The first-order chi connectivity index (χ1) is 13.5. The Labute approximate surface area is 164 Å². The number of nitrogens with zero attached hydrogens (tertiary/aromatic N) is 4. The minimum absolute atomic E-state index is 0.170. The Balaban J connectivity index is 1.56. The fourth-order valence-corrected chi connectivity index (χ4v) is 3.22. The van der Waals surface area contributed by atoms with Crippen LogP contribution >= 0.6 is 11.6 Å². The summed E-state index contributed by atoms with van der Waals surface area (Å²) in [6.45, 7) is 0.995. The molecule has 3 aromatic rings. The van der Waals surface area contributed by atoms with Crippen molar-refractivity contribution in [1.82, 2.24) is 20.1 Å². The maximum Gasteiger partial charge on any atom is 0.286 e. The number of rotatable bonds is 4. The second kappa shape index (κ2) is 7.40. The number of hydrogen-bond donors (Lipinski definition) is 1. The average molecular weight is 400 g/mol. The third-order valence-corrected chi connectivity index (χ3v) is 4.84. The van der Waals surface area contributed by atoms with Crippen LogP contribution in [0, 0.1) is 5.82 Å². The first-order valence-corrected chi connectivity index (χ1v) is 8.94. The fourth-order valence-electron chi connectivity index (χ4n) is 3.02. The average Bonchev–Trinajstić information content (AvgIpc) is 3.13. The molecule has 0 atom stereocenters. The Morgan fingerprint density at radius 3 is 2.61 bits per heavy atom. The Bertz CT molecular complexity index is 1100. The predicted molar refractivity (Wildman–Crippen MR) is 102 cm³/mol. The van der Waals surface area contributed by atoms with Crippen molar-refractivity contribution < 1.29 is 9.18 Å². The van der Waals surface area contributed by atoms with Crippen LogP contribution in [0.4, 0.5) is 16.0 Å². The van der Waals surface area contributed by atoms with Crippen LogP contribution in [-0.4, -0.2) is 27.2 Å². The number of carbonyl (C=O) groups excluding carboxylic acids is 1. The van der Waals surface area contributed by atoms with Crippen molar-refractivity contribution in [1.29, 1.82) is 0 Å². The van der Waals surface area contributed by atoms with Gasteiger partial charge in [0.05, 0.1) is 0 Å². The smallest absolute Gasteiger partial charge is 0.286 e. The molecule has 0 unspecified atom stereocenters. The van der Waals surface area contributed by atoms with Crippen molar-refractivity contribution >= 4 is 29.1 Å². The quantitative estimate of drug-likeness (QED) is 0.729. The Morgan fingerprint density at radius 2 is 1.86 bits per heavy atom. The third kappa shape index (κ3) is 3.34. The Hall–Kier alpha value is -3.26. The molecule has 2 aromatic carbocycles. The van der Waals surface area contributed by atoms with Crippen LogP contribution in [0.1, 0.15) is 16.1 Å². The maximum atomic E-state index is 13.1. The highest BCUT2D eigenvalue weighted by Crippen LogP contribution is 2.26. The highest BCUT2D eigenvalue weighted by Gasteiger charge is 2.27. The first kappa shape index (κ1) is 18.1. The lowest BCUT2D eigenvalue weighted by atomic mass is 10.2. The molecular weight excluding hydrogens is 385 g/mol. The van der Waals surface area contributed by atoms with E-state index in [2.05, 4.69) is 15.5 Å². The lowest BCUT2D eigenvalue weighted by Gasteiger charge is -2.16. The van der Waals surface area contributed by atoms with Gasteiger partial charge in [-0.2, -0.15) is 0 Å². The molecule has 1 N–H and O–H groups in total. The minimum atomic E-state index is -0.618. The second-order valence-electron chi connectivity index (χ2n) is 6.21. The Kier molecular flexibility index (Phi) is 4.79. The molecule has 9 heteroatoms. The van der Waals surface area contributed by atoms with Crippen molar-refractivity contribution in [2.75, 3.05) is 11.4 Å². The zero-order chi connectivity index (χ0) is 19.7. The zero-order valence-corrected chi connectivity index (χ0v) is 15.4. The van der Waals surface area contributed by atoms with E-state index in [1.807, 2.05) is 6.07 Å². The summed E-state index contributed by atoms with van der Waals surface area (Å²) in [5, 5.41) is 11.1. The van der Waals surface area contributed by atoms with Crippen molar-refractivity contribution in [3.8, 4) is 0 Å². The molecular formula is C19H15ClFN5O2. The van der Waals surface area contributed by atoms with Crippen LogP contribution in [0.15, 0.2) is 53.3 Å². The fraction of sp³-hybridized carbons (Fsp3) is 0.158. The van der Waals surface area contributed by atoms with E-state index in [9.17, 15) is 14.0 Å². The van der Waals surface area contributed by atoms with Gasteiger partial charge in [0.25, 0.3) is 11.5 Å². The molecule has 1 aliphatic heterocycles. The molecule has 1 amide bonds. The van der Waals surface area contributed by atoms with Gasteiger partial charge in [-0.25, -0.2) is 4.39 Å². The van der Waals surface area contributed by atoms with E-state index in [0.717, 1.165) is 5.56 Å². The van der Waals surface area contributed by atoms with Gasteiger partial charge >= 0.3 is 0 Å². The minimum Gasteiger partial charge on any atom is -0.346 e. The number of benzene rings is 2. The van der Waals surface area contributed by atoms with Gasteiger partial charge in [0, 0.05) is 30.3 Å². The topological polar surface area (TPSA) is 80.1 Å². The summed E-state index contributed by atoms with van der Waals surface area (Å²) < 4.78 is 14.5. The molecule has 142 valence electrons. The monoisotopic (exact) mass is 399 g/mol. The molecule has 1 aliphatic rings. The van der Waals surface area contributed by atoms with Gasteiger partial charge in [0.1, 0.15) is 5.82 Å². The lowest BCUT2D eigenvalue weighted by molar-refractivity contribution is 0.0942. The molecule has 4 rings (SSSR count). The molecule has 0 aliphatic carbocycles. The molecule has 0 bridgehead atoms. The molecule has 0 saturated heterocycles. The number of halogens is 2. The van der Waals surface area contributed by atoms with Crippen LogP contribution in [0.5, 0.6) is 0 Å². The van der Waals surface area contributed by atoms with Gasteiger partial charge in [-0.15, -0.1) is 10.2 Å². The van der Waals surface area contributed by atoms with Crippen molar-refractivity contribution in [3.63, 3.8) is 0 Å². The summed E-state index contributed by atoms with van der Waals surface area (Å²) in [7, 11) is 0. The van der Waals surface area contributed by atoms with Crippen LogP contribution in [0.25, 0.3) is 0 Å². The summed E-state index contributed by atoms with van der Waals surface area (Å²) >= 11 is 6.07. The van der Waals surface area contributed by atoms with Crippen molar-refractivity contribution in [2.45, 2.75) is 13.1 Å². The molecule has 0 fully saturated rings.